The van der Waals surface area contributed by atoms with Crippen molar-refractivity contribution >= 4 is 17.0 Å². The van der Waals surface area contributed by atoms with Crippen LogP contribution in [0, 0.1) is 0 Å². The first kappa shape index (κ1) is 14.9. The Morgan fingerprint density at radius 3 is 2.87 bits per heavy atom. The number of nitrogens with one attached hydrogen (secondary N) is 2. The number of H-pyrrole nitrogens is 1. The minimum Gasteiger partial charge on any atom is -0.368 e. The molecule has 6 nitrogen and oxygen atoms in total. The van der Waals surface area contributed by atoms with Crippen LogP contribution in [-0.2, 0) is 0 Å². The van der Waals surface area contributed by atoms with Gasteiger partial charge in [0.2, 0.25) is 0 Å². The number of hydrogen-bond acceptors (Lipinski definition) is 5. The van der Waals surface area contributed by atoms with Crippen LogP contribution in [0.1, 0.15) is 51.4 Å². The average Bonchev–Trinajstić information content (AvgIpc) is 3.27. The normalized spacial score (nSPS) is 23.6. The highest BCUT2D eigenvalue weighted by Crippen LogP contribution is 2.30. The highest BCUT2D eigenvalue weighted by molar-refractivity contribution is 5.81. The quantitative estimate of drug-likeness (QED) is 0.888. The molecule has 2 N–H and O–H groups in total. The van der Waals surface area contributed by atoms with Crippen LogP contribution in [0.3, 0.4) is 0 Å². The highest BCUT2D eigenvalue weighted by Gasteiger charge is 2.30. The fourth-order valence-electron chi connectivity index (χ4n) is 4.31. The molecular formula is C17H26N6. The number of rotatable bonds is 5. The third kappa shape index (κ3) is 3.17. The van der Waals surface area contributed by atoms with Gasteiger partial charge in [-0.15, -0.1) is 0 Å². The minimum absolute atomic E-state index is 0.729. The third-order valence-corrected chi connectivity index (χ3v) is 5.46. The Hall–Kier alpha value is -1.69. The van der Waals surface area contributed by atoms with E-state index in [-0.39, 0.29) is 0 Å². The monoisotopic (exact) mass is 314 g/mol. The van der Waals surface area contributed by atoms with E-state index in [0.717, 1.165) is 35.6 Å². The van der Waals surface area contributed by atoms with Crippen molar-refractivity contribution in [3.8, 4) is 0 Å². The number of nitrogens with zero attached hydrogens (tertiary/aromatic N) is 4. The molecule has 1 saturated heterocycles. The molecule has 0 amide bonds. The molecule has 3 heterocycles. The van der Waals surface area contributed by atoms with Crippen LogP contribution in [0.2, 0.25) is 0 Å². The standard InChI is InChI=1S/C17H26N6/c1-2-6-13(5-1)23-10-4-3-7-14(23)8-9-18-16-15-17(20-11-19-15)22-12-21-16/h11-14H,1-10H2,(H2,18,19,20,21,22)/t14-/m1/s1. The van der Waals surface area contributed by atoms with Crippen molar-refractivity contribution in [2.24, 2.45) is 0 Å². The van der Waals surface area contributed by atoms with Crippen molar-refractivity contribution in [2.45, 2.75) is 63.5 Å². The largest absolute Gasteiger partial charge is 0.368 e. The fraction of sp³-hybridized carbons (Fsp3) is 0.706. The summed E-state index contributed by atoms with van der Waals surface area (Å²) in [5.41, 5.74) is 1.64. The maximum atomic E-state index is 4.35. The van der Waals surface area contributed by atoms with E-state index < -0.39 is 0 Å². The van der Waals surface area contributed by atoms with Gasteiger partial charge in [0.15, 0.2) is 11.5 Å². The molecule has 1 atom stereocenters. The molecule has 0 aromatic carbocycles. The Morgan fingerprint density at radius 1 is 1.09 bits per heavy atom. The molecule has 6 heteroatoms. The van der Waals surface area contributed by atoms with Crippen LogP contribution >= 0.6 is 0 Å². The molecule has 23 heavy (non-hydrogen) atoms. The summed E-state index contributed by atoms with van der Waals surface area (Å²) in [6.07, 6.45) is 14.2. The molecule has 2 aliphatic rings. The van der Waals surface area contributed by atoms with Crippen LogP contribution in [-0.4, -0.2) is 50.0 Å². The van der Waals surface area contributed by atoms with Crippen molar-refractivity contribution in [3.63, 3.8) is 0 Å². The van der Waals surface area contributed by atoms with Crippen molar-refractivity contribution in [2.75, 3.05) is 18.4 Å². The summed E-state index contributed by atoms with van der Waals surface area (Å²) in [7, 11) is 0. The molecule has 0 radical (unpaired) electrons. The van der Waals surface area contributed by atoms with Crippen molar-refractivity contribution in [3.05, 3.63) is 12.7 Å². The van der Waals surface area contributed by atoms with Gasteiger partial charge in [-0.3, -0.25) is 4.90 Å². The molecule has 124 valence electrons. The fourth-order valence-corrected chi connectivity index (χ4v) is 4.31. The summed E-state index contributed by atoms with van der Waals surface area (Å²) in [6, 6.07) is 1.58. The van der Waals surface area contributed by atoms with E-state index in [2.05, 4.69) is 30.2 Å². The Morgan fingerprint density at radius 2 is 1.96 bits per heavy atom. The number of piperidine rings is 1. The molecule has 2 aromatic heterocycles. The van der Waals surface area contributed by atoms with Gasteiger partial charge in [-0.05, 0) is 38.6 Å². The number of fused-ring (bicyclic) bond motifs is 1. The predicted octanol–water partition coefficient (Wildman–Crippen LogP) is 2.95. The Labute approximate surface area is 137 Å². The second-order valence-corrected chi connectivity index (χ2v) is 6.86. The zero-order valence-electron chi connectivity index (χ0n) is 13.7. The van der Waals surface area contributed by atoms with Crippen molar-refractivity contribution in [1.29, 1.82) is 0 Å². The number of hydrogen-bond donors (Lipinski definition) is 2. The number of aromatic amines is 1. The molecule has 4 rings (SSSR count). The summed E-state index contributed by atoms with van der Waals surface area (Å²) in [4.78, 5) is 18.6. The van der Waals surface area contributed by atoms with E-state index in [1.54, 1.807) is 12.7 Å². The van der Waals surface area contributed by atoms with E-state index >= 15 is 0 Å². The summed E-state index contributed by atoms with van der Waals surface area (Å²) in [5.74, 6) is 0.871. The topological polar surface area (TPSA) is 69.7 Å². The van der Waals surface area contributed by atoms with Gasteiger partial charge >= 0.3 is 0 Å². The lowest BCUT2D eigenvalue weighted by Crippen LogP contribution is -2.45. The van der Waals surface area contributed by atoms with Gasteiger partial charge in [-0.1, -0.05) is 19.3 Å². The Balaban J connectivity index is 1.36. The van der Waals surface area contributed by atoms with Gasteiger partial charge in [0.25, 0.3) is 0 Å². The minimum atomic E-state index is 0.729. The first-order valence-corrected chi connectivity index (χ1v) is 9.05. The number of likely N-dealkylation sites (tertiary alicyclic amines) is 1. The first-order chi connectivity index (χ1) is 11.4. The first-order valence-electron chi connectivity index (χ1n) is 9.05. The second-order valence-electron chi connectivity index (χ2n) is 6.86. The van der Waals surface area contributed by atoms with Gasteiger partial charge in [-0.2, -0.15) is 0 Å². The van der Waals surface area contributed by atoms with E-state index in [1.165, 1.54) is 57.9 Å². The smallest absolute Gasteiger partial charge is 0.182 e. The van der Waals surface area contributed by atoms with Gasteiger partial charge in [0.05, 0.1) is 6.33 Å². The average molecular weight is 314 g/mol. The molecule has 2 fully saturated rings. The summed E-state index contributed by atoms with van der Waals surface area (Å²) in [6.45, 7) is 2.26. The van der Waals surface area contributed by atoms with Crippen molar-refractivity contribution < 1.29 is 0 Å². The maximum Gasteiger partial charge on any atom is 0.182 e. The number of aromatic nitrogens is 4. The van der Waals surface area contributed by atoms with Crippen LogP contribution in [0.15, 0.2) is 12.7 Å². The predicted molar refractivity (Wildman–Crippen MR) is 91.4 cm³/mol. The summed E-state index contributed by atoms with van der Waals surface area (Å²) < 4.78 is 0. The molecule has 2 aromatic rings. The van der Waals surface area contributed by atoms with E-state index in [4.69, 9.17) is 0 Å². The number of imidazole rings is 1. The van der Waals surface area contributed by atoms with E-state index in [9.17, 15) is 0 Å². The van der Waals surface area contributed by atoms with Crippen LogP contribution in [0.5, 0.6) is 0 Å². The molecule has 1 saturated carbocycles. The summed E-state index contributed by atoms with van der Waals surface area (Å²) >= 11 is 0. The lowest BCUT2D eigenvalue weighted by atomic mass is 9.96. The van der Waals surface area contributed by atoms with Gasteiger partial charge < -0.3 is 10.3 Å². The van der Waals surface area contributed by atoms with Crippen molar-refractivity contribution in [1.82, 2.24) is 24.8 Å². The third-order valence-electron chi connectivity index (χ3n) is 5.46. The molecule has 1 aliphatic carbocycles. The molecular weight excluding hydrogens is 288 g/mol. The second kappa shape index (κ2) is 6.83. The molecule has 0 spiro atoms. The zero-order valence-corrected chi connectivity index (χ0v) is 13.7. The van der Waals surface area contributed by atoms with Gasteiger partial charge in [-0.25, -0.2) is 15.0 Å². The SMILES string of the molecule is c1nc(NCC[C@H]2CCCCN2C2CCCC2)c2[nH]cnc2n1. The van der Waals surface area contributed by atoms with Crippen LogP contribution < -0.4 is 5.32 Å². The van der Waals surface area contributed by atoms with E-state index in [1.807, 2.05) is 0 Å². The molecule has 0 unspecified atom stereocenters. The lowest BCUT2D eigenvalue weighted by Gasteiger charge is -2.40. The summed E-state index contributed by atoms with van der Waals surface area (Å²) in [5, 5.41) is 3.48. The molecule has 0 bridgehead atoms. The number of anilines is 1. The lowest BCUT2D eigenvalue weighted by molar-refractivity contribution is 0.0933. The van der Waals surface area contributed by atoms with Gasteiger partial charge in [0, 0.05) is 18.6 Å². The Bertz CT molecular complexity index is 633. The van der Waals surface area contributed by atoms with Crippen LogP contribution in [0.4, 0.5) is 5.82 Å². The Kier molecular flexibility index (Phi) is 4.41. The van der Waals surface area contributed by atoms with Gasteiger partial charge in [0.1, 0.15) is 11.8 Å². The maximum absolute atomic E-state index is 4.35. The zero-order chi connectivity index (χ0) is 15.5. The van der Waals surface area contributed by atoms with E-state index in [0.29, 0.717) is 0 Å². The highest BCUT2D eigenvalue weighted by atomic mass is 15.2. The molecule has 1 aliphatic heterocycles. The van der Waals surface area contributed by atoms with Crippen LogP contribution in [0.25, 0.3) is 11.2 Å².